The number of nitrogen functional groups attached to an aromatic ring is 1. The van der Waals surface area contributed by atoms with Crippen LogP contribution < -0.4 is 15.2 Å². The van der Waals surface area contributed by atoms with Gasteiger partial charge in [-0.3, -0.25) is 4.79 Å². The van der Waals surface area contributed by atoms with Crippen molar-refractivity contribution in [1.29, 1.82) is 0 Å². The smallest absolute Gasteiger partial charge is 0.251 e. The highest BCUT2D eigenvalue weighted by atomic mass is 79.9. The number of ether oxygens (including phenoxy) is 2. The van der Waals surface area contributed by atoms with Crippen LogP contribution in [0.3, 0.4) is 0 Å². The van der Waals surface area contributed by atoms with Crippen LogP contribution in [0.5, 0.6) is 11.5 Å². The summed E-state index contributed by atoms with van der Waals surface area (Å²) in [7, 11) is 0. The van der Waals surface area contributed by atoms with E-state index in [9.17, 15) is 9.90 Å². The number of hydrogen-bond acceptors (Lipinski definition) is 9. The summed E-state index contributed by atoms with van der Waals surface area (Å²) < 4.78 is 14.4. The lowest BCUT2D eigenvalue weighted by atomic mass is 9.93. The van der Waals surface area contributed by atoms with E-state index in [1.807, 2.05) is 12.1 Å². The first kappa shape index (κ1) is 24.1. The van der Waals surface area contributed by atoms with Gasteiger partial charge in [0.15, 0.2) is 33.6 Å². The van der Waals surface area contributed by atoms with E-state index >= 15 is 0 Å². The summed E-state index contributed by atoms with van der Waals surface area (Å²) in [6.07, 6.45) is 3.23. The Morgan fingerprint density at radius 1 is 1.26 bits per heavy atom. The number of likely N-dealkylation sites (tertiary alicyclic amines) is 1. The molecule has 2 aliphatic heterocycles. The molecule has 0 saturated carbocycles. The summed E-state index contributed by atoms with van der Waals surface area (Å²) in [5.74, 6) is 2.05. The van der Waals surface area contributed by atoms with E-state index in [1.54, 1.807) is 4.90 Å². The van der Waals surface area contributed by atoms with Gasteiger partial charge in [0.2, 0.25) is 0 Å². The van der Waals surface area contributed by atoms with Crippen LogP contribution in [-0.4, -0.2) is 67.8 Å². The molecule has 0 aliphatic carbocycles. The molecular weight excluding hydrogens is 536 g/mol. The van der Waals surface area contributed by atoms with Gasteiger partial charge in [-0.05, 0) is 60.2 Å². The van der Waals surface area contributed by atoms with Crippen molar-refractivity contribution < 1.29 is 19.4 Å². The molecule has 2 aromatic heterocycles. The Morgan fingerprint density at radius 3 is 2.69 bits per heavy atom. The zero-order valence-electron chi connectivity index (χ0n) is 19.3. The topological polar surface area (TPSA) is 129 Å². The number of amides is 1. The lowest BCUT2D eigenvalue weighted by Gasteiger charge is -2.32. The number of aryl methyl sites for hydroxylation is 1. The molecule has 12 heteroatoms. The Morgan fingerprint density at radius 2 is 1.97 bits per heavy atom. The number of benzene rings is 1. The minimum Gasteiger partial charge on any atom is -0.486 e. The number of anilines is 1. The largest absolute Gasteiger partial charge is 0.486 e. The number of rotatable bonds is 6. The predicted octanol–water partition coefficient (Wildman–Crippen LogP) is 3.10. The molecule has 1 saturated heterocycles. The van der Waals surface area contributed by atoms with Gasteiger partial charge in [0.25, 0.3) is 5.91 Å². The maximum Gasteiger partial charge on any atom is 0.251 e. The fourth-order valence-electron chi connectivity index (χ4n) is 4.45. The number of aliphatic hydroxyl groups is 1. The SMILES string of the molecule is C[C@H](O)C(=O)N1CCC(CCn2c(Sc3cc4c(cc3Br)OCCO4)nc3c(N)ncnc32)CC1. The van der Waals surface area contributed by atoms with E-state index in [0.29, 0.717) is 61.5 Å². The number of carbonyl (C=O) groups is 1. The lowest BCUT2D eigenvalue weighted by molar-refractivity contribution is -0.140. The van der Waals surface area contributed by atoms with Crippen molar-refractivity contribution in [3.8, 4) is 11.5 Å². The van der Waals surface area contributed by atoms with Crippen LogP contribution in [0.2, 0.25) is 0 Å². The number of fused-ring (bicyclic) bond motifs is 2. The van der Waals surface area contributed by atoms with E-state index in [0.717, 1.165) is 39.5 Å². The fraction of sp³-hybridized carbons (Fsp3) is 0.478. The number of piperidine rings is 1. The molecule has 1 fully saturated rings. The van der Waals surface area contributed by atoms with Crippen molar-refractivity contribution in [3.63, 3.8) is 0 Å². The third-order valence-corrected chi connectivity index (χ3v) is 8.34. The first-order valence-electron chi connectivity index (χ1n) is 11.6. The molecule has 1 aromatic carbocycles. The number of nitrogens with zero attached hydrogens (tertiary/aromatic N) is 5. The zero-order chi connectivity index (χ0) is 24.5. The van der Waals surface area contributed by atoms with Crippen LogP contribution in [0.4, 0.5) is 5.82 Å². The van der Waals surface area contributed by atoms with E-state index in [1.165, 1.54) is 25.0 Å². The van der Waals surface area contributed by atoms with Crippen LogP contribution in [0.1, 0.15) is 26.2 Å². The summed E-state index contributed by atoms with van der Waals surface area (Å²) in [4.78, 5) is 28.1. The average Bonchev–Trinajstić information content (AvgIpc) is 3.21. The summed E-state index contributed by atoms with van der Waals surface area (Å²) >= 11 is 5.16. The number of aromatic nitrogens is 4. The first-order chi connectivity index (χ1) is 16.9. The van der Waals surface area contributed by atoms with Gasteiger partial charge in [-0.15, -0.1) is 0 Å². The highest BCUT2D eigenvalue weighted by Crippen LogP contribution is 2.42. The minimum absolute atomic E-state index is 0.195. The van der Waals surface area contributed by atoms with Gasteiger partial charge in [0.05, 0.1) is 0 Å². The second-order valence-electron chi connectivity index (χ2n) is 8.74. The molecule has 1 atom stereocenters. The van der Waals surface area contributed by atoms with Gasteiger partial charge in [-0.1, -0.05) is 11.8 Å². The minimum atomic E-state index is -0.950. The third kappa shape index (κ3) is 5.05. The van der Waals surface area contributed by atoms with Crippen molar-refractivity contribution in [2.24, 2.45) is 5.92 Å². The second kappa shape index (κ2) is 10.2. The number of halogens is 1. The fourth-order valence-corrected chi connectivity index (χ4v) is 5.96. The van der Waals surface area contributed by atoms with Gasteiger partial charge < -0.3 is 29.8 Å². The summed E-state index contributed by atoms with van der Waals surface area (Å²) in [6.45, 7) is 4.62. The van der Waals surface area contributed by atoms with E-state index in [4.69, 9.17) is 20.2 Å². The Kier molecular flexibility index (Phi) is 7.03. The van der Waals surface area contributed by atoms with E-state index in [-0.39, 0.29) is 5.91 Å². The number of imidazole rings is 1. The first-order valence-corrected chi connectivity index (χ1v) is 13.2. The number of hydrogen-bond donors (Lipinski definition) is 2. The van der Waals surface area contributed by atoms with Gasteiger partial charge >= 0.3 is 0 Å². The molecule has 0 unspecified atom stereocenters. The molecule has 3 aromatic rings. The second-order valence-corrected chi connectivity index (χ2v) is 10.6. The third-order valence-electron chi connectivity index (χ3n) is 6.37. The van der Waals surface area contributed by atoms with Gasteiger partial charge in [-0.2, -0.15) is 0 Å². The van der Waals surface area contributed by atoms with E-state index < -0.39 is 6.10 Å². The van der Waals surface area contributed by atoms with Gasteiger partial charge in [-0.25, -0.2) is 15.0 Å². The van der Waals surface area contributed by atoms with Gasteiger partial charge in [0, 0.05) is 29.0 Å². The van der Waals surface area contributed by atoms with Gasteiger partial charge in [0.1, 0.15) is 25.6 Å². The van der Waals surface area contributed by atoms with Crippen LogP contribution in [0.25, 0.3) is 11.2 Å². The number of carbonyl (C=O) groups excluding carboxylic acids is 1. The predicted molar refractivity (Wildman–Crippen MR) is 135 cm³/mol. The molecule has 186 valence electrons. The molecule has 10 nitrogen and oxygen atoms in total. The van der Waals surface area contributed by atoms with Crippen molar-refractivity contribution in [1.82, 2.24) is 24.4 Å². The quantitative estimate of drug-likeness (QED) is 0.465. The highest BCUT2D eigenvalue weighted by molar-refractivity contribution is 9.10. The molecule has 35 heavy (non-hydrogen) atoms. The Labute approximate surface area is 215 Å². The van der Waals surface area contributed by atoms with Crippen LogP contribution in [-0.2, 0) is 11.3 Å². The van der Waals surface area contributed by atoms with Crippen molar-refractivity contribution in [2.45, 2.75) is 48.9 Å². The van der Waals surface area contributed by atoms with Crippen LogP contribution >= 0.6 is 27.7 Å². The Balaban J connectivity index is 1.36. The van der Waals surface area contributed by atoms with Crippen molar-refractivity contribution >= 4 is 50.6 Å². The molecule has 2 aliphatic rings. The van der Waals surface area contributed by atoms with Crippen molar-refractivity contribution in [2.75, 3.05) is 32.0 Å². The molecule has 1 amide bonds. The monoisotopic (exact) mass is 562 g/mol. The van der Waals surface area contributed by atoms with Crippen molar-refractivity contribution in [3.05, 3.63) is 22.9 Å². The molecule has 0 spiro atoms. The molecule has 0 bridgehead atoms. The van der Waals surface area contributed by atoms with E-state index in [2.05, 4.69) is 30.5 Å². The Hall–Kier alpha value is -2.57. The normalized spacial score (nSPS) is 17.1. The molecule has 0 radical (unpaired) electrons. The summed E-state index contributed by atoms with van der Waals surface area (Å²) in [5.41, 5.74) is 7.41. The summed E-state index contributed by atoms with van der Waals surface area (Å²) in [5, 5.41) is 10.4. The molecular formula is C23H27BrN6O4S. The molecule has 4 heterocycles. The highest BCUT2D eigenvalue weighted by Gasteiger charge is 2.26. The maximum atomic E-state index is 12.1. The standard InChI is InChI=1S/C23H27BrN6O4S/c1-13(31)22(32)29-5-2-14(3-6-29)4-7-30-21-19(20(25)26-12-27-21)28-23(30)35-18-11-17-16(10-15(18)24)33-8-9-34-17/h10-14,31H,2-9H2,1H3,(H2,25,26,27)/t13-/m0/s1. The van der Waals surface area contributed by atoms with Crippen LogP contribution in [0, 0.1) is 5.92 Å². The average molecular weight is 563 g/mol. The maximum absolute atomic E-state index is 12.1. The lowest BCUT2D eigenvalue weighted by Crippen LogP contribution is -2.43. The molecule has 5 rings (SSSR count). The molecule has 3 N–H and O–H groups in total. The van der Waals surface area contributed by atoms with Crippen LogP contribution in [0.15, 0.2) is 33.0 Å². The number of nitrogens with two attached hydrogens (primary N) is 1. The number of aliphatic hydroxyl groups excluding tert-OH is 1. The zero-order valence-corrected chi connectivity index (χ0v) is 21.7. The Bertz CT molecular complexity index is 1240. The summed E-state index contributed by atoms with van der Waals surface area (Å²) in [6, 6.07) is 3.87.